The second-order valence-electron chi connectivity index (χ2n) is 7.63. The van der Waals surface area contributed by atoms with Crippen molar-refractivity contribution in [2.75, 3.05) is 18.5 Å². The maximum Gasteiger partial charge on any atom is 0.411 e. The molecule has 34 heavy (non-hydrogen) atoms. The first-order chi connectivity index (χ1) is 16.4. The third-order valence-electron chi connectivity index (χ3n) is 5.39. The van der Waals surface area contributed by atoms with E-state index in [1.54, 1.807) is 0 Å². The van der Waals surface area contributed by atoms with Gasteiger partial charge in [0.15, 0.2) is 0 Å². The van der Waals surface area contributed by atoms with Crippen molar-refractivity contribution in [1.82, 2.24) is 5.32 Å². The van der Waals surface area contributed by atoms with E-state index in [1.807, 2.05) is 48.5 Å². The standard InChI is InChI=1S/C26H21FN2O5/c27-17-12-16(25(32)28-11-5-10-24(30)31)13-18(14-17)29-26(33)34-15-23-21-8-3-1-6-19(21)20-7-2-4-9-22(20)23/h1-10,12-14,23H,11,15H2,(H,28,32)(H,29,33)(H,30,31)/b10-5+. The molecule has 0 radical (unpaired) electrons. The number of carbonyl (C=O) groups excluding carboxylic acids is 2. The lowest BCUT2D eigenvalue weighted by atomic mass is 9.98. The maximum absolute atomic E-state index is 14.0. The number of rotatable bonds is 7. The molecule has 0 saturated carbocycles. The normalized spacial score (nSPS) is 12.1. The first-order valence-electron chi connectivity index (χ1n) is 10.5. The summed E-state index contributed by atoms with van der Waals surface area (Å²) >= 11 is 0. The Balaban J connectivity index is 1.40. The lowest BCUT2D eigenvalue weighted by Crippen LogP contribution is -2.24. The third-order valence-corrected chi connectivity index (χ3v) is 5.39. The lowest BCUT2D eigenvalue weighted by molar-refractivity contribution is -0.131. The van der Waals surface area contributed by atoms with Gasteiger partial charge in [0, 0.05) is 29.8 Å². The number of hydrogen-bond donors (Lipinski definition) is 3. The van der Waals surface area contributed by atoms with Gasteiger partial charge in [-0.15, -0.1) is 0 Å². The van der Waals surface area contributed by atoms with Gasteiger partial charge in [0.2, 0.25) is 0 Å². The highest BCUT2D eigenvalue weighted by atomic mass is 19.1. The number of fused-ring (bicyclic) bond motifs is 3. The molecule has 3 aromatic carbocycles. The zero-order valence-corrected chi connectivity index (χ0v) is 18.0. The van der Waals surface area contributed by atoms with Crippen molar-refractivity contribution in [1.29, 1.82) is 0 Å². The molecular formula is C26H21FN2O5. The van der Waals surface area contributed by atoms with Gasteiger partial charge in [-0.05, 0) is 40.5 Å². The van der Waals surface area contributed by atoms with E-state index >= 15 is 0 Å². The van der Waals surface area contributed by atoms with E-state index in [0.29, 0.717) is 0 Å². The predicted octanol–water partition coefficient (Wildman–Crippen LogP) is 4.56. The van der Waals surface area contributed by atoms with Crippen LogP contribution >= 0.6 is 0 Å². The molecule has 8 heteroatoms. The minimum atomic E-state index is -1.14. The summed E-state index contributed by atoms with van der Waals surface area (Å²) in [6.07, 6.45) is 1.36. The van der Waals surface area contributed by atoms with Gasteiger partial charge in [-0.1, -0.05) is 54.6 Å². The Morgan fingerprint density at radius 1 is 0.971 bits per heavy atom. The van der Waals surface area contributed by atoms with E-state index < -0.39 is 23.8 Å². The molecule has 1 aliphatic carbocycles. The molecule has 3 aromatic rings. The number of anilines is 1. The zero-order chi connectivity index (χ0) is 24.1. The Hall–Kier alpha value is -4.46. The summed E-state index contributed by atoms with van der Waals surface area (Å²) in [5.74, 6) is -2.60. The smallest absolute Gasteiger partial charge is 0.411 e. The highest BCUT2D eigenvalue weighted by Crippen LogP contribution is 2.44. The number of benzene rings is 3. The Bertz CT molecular complexity index is 1240. The largest absolute Gasteiger partial charge is 0.478 e. The summed E-state index contributed by atoms with van der Waals surface area (Å²) in [4.78, 5) is 35.1. The summed E-state index contributed by atoms with van der Waals surface area (Å²) in [7, 11) is 0. The van der Waals surface area contributed by atoms with E-state index in [4.69, 9.17) is 9.84 Å². The number of ether oxygens (including phenoxy) is 1. The molecule has 0 heterocycles. The van der Waals surface area contributed by atoms with Crippen LogP contribution < -0.4 is 10.6 Å². The van der Waals surface area contributed by atoms with Crippen LogP contribution in [0.15, 0.2) is 78.9 Å². The Kier molecular flexibility index (Phi) is 6.68. The lowest BCUT2D eigenvalue weighted by Gasteiger charge is -2.15. The number of hydrogen-bond acceptors (Lipinski definition) is 4. The molecule has 172 valence electrons. The van der Waals surface area contributed by atoms with E-state index in [0.717, 1.165) is 40.5 Å². The molecule has 2 amide bonds. The SMILES string of the molecule is O=C(O)/C=C/CNC(=O)c1cc(F)cc(NC(=O)OCC2c3ccccc3-c3ccccc32)c1. The van der Waals surface area contributed by atoms with Crippen LogP contribution in [0.2, 0.25) is 0 Å². The van der Waals surface area contributed by atoms with Gasteiger partial charge in [0.05, 0.1) is 0 Å². The van der Waals surface area contributed by atoms with E-state index in [2.05, 4.69) is 10.6 Å². The molecule has 0 saturated heterocycles. The molecule has 4 rings (SSSR count). The molecule has 0 spiro atoms. The number of carbonyl (C=O) groups is 3. The van der Waals surface area contributed by atoms with Crippen LogP contribution in [-0.2, 0) is 9.53 Å². The molecule has 0 fully saturated rings. The van der Waals surface area contributed by atoms with Gasteiger partial charge < -0.3 is 15.2 Å². The van der Waals surface area contributed by atoms with Crippen LogP contribution in [-0.4, -0.2) is 36.2 Å². The molecule has 0 unspecified atom stereocenters. The van der Waals surface area contributed by atoms with Crippen molar-refractivity contribution < 1.29 is 28.6 Å². The predicted molar refractivity (Wildman–Crippen MR) is 124 cm³/mol. The second kappa shape index (κ2) is 9.99. The van der Waals surface area contributed by atoms with Crippen LogP contribution in [0.5, 0.6) is 0 Å². The molecule has 0 atom stereocenters. The Morgan fingerprint density at radius 2 is 1.62 bits per heavy atom. The Labute approximate surface area is 194 Å². The van der Waals surface area contributed by atoms with Crippen molar-refractivity contribution in [3.05, 3.63) is 101 Å². The minimum Gasteiger partial charge on any atom is -0.478 e. The van der Waals surface area contributed by atoms with E-state index in [1.165, 1.54) is 12.1 Å². The van der Waals surface area contributed by atoms with E-state index in [-0.39, 0.29) is 30.3 Å². The third kappa shape index (κ3) is 5.12. The number of amides is 2. The van der Waals surface area contributed by atoms with Crippen LogP contribution in [0, 0.1) is 5.82 Å². The summed E-state index contributed by atoms with van der Waals surface area (Å²) in [6.45, 7) is 0.0508. The Morgan fingerprint density at radius 3 is 2.26 bits per heavy atom. The fraction of sp³-hybridized carbons (Fsp3) is 0.115. The van der Waals surface area contributed by atoms with Gasteiger partial charge in [-0.3, -0.25) is 10.1 Å². The van der Waals surface area contributed by atoms with Crippen molar-refractivity contribution in [2.45, 2.75) is 5.92 Å². The zero-order valence-electron chi connectivity index (χ0n) is 18.0. The van der Waals surface area contributed by atoms with Gasteiger partial charge in [0.1, 0.15) is 12.4 Å². The minimum absolute atomic E-state index is 0.0299. The number of aliphatic carboxylic acids is 1. The van der Waals surface area contributed by atoms with E-state index in [9.17, 15) is 18.8 Å². The monoisotopic (exact) mass is 460 g/mol. The van der Waals surface area contributed by atoms with Crippen molar-refractivity contribution in [3.63, 3.8) is 0 Å². The maximum atomic E-state index is 14.0. The van der Waals surface area contributed by atoms with Crippen molar-refractivity contribution in [3.8, 4) is 11.1 Å². The van der Waals surface area contributed by atoms with Gasteiger partial charge in [0.25, 0.3) is 5.91 Å². The first-order valence-corrected chi connectivity index (χ1v) is 10.5. The number of carboxylic acid groups (broad SMARTS) is 1. The quantitative estimate of drug-likeness (QED) is 0.449. The summed E-state index contributed by atoms with van der Waals surface area (Å²) in [6, 6.07) is 19.3. The average Bonchev–Trinajstić information content (AvgIpc) is 3.13. The molecule has 7 nitrogen and oxygen atoms in total. The fourth-order valence-electron chi connectivity index (χ4n) is 3.96. The summed E-state index contributed by atoms with van der Waals surface area (Å²) < 4.78 is 19.5. The van der Waals surface area contributed by atoms with Crippen LogP contribution in [0.1, 0.15) is 27.4 Å². The molecule has 1 aliphatic rings. The van der Waals surface area contributed by atoms with Crippen LogP contribution in [0.4, 0.5) is 14.9 Å². The number of nitrogens with one attached hydrogen (secondary N) is 2. The summed E-state index contributed by atoms with van der Waals surface area (Å²) in [5.41, 5.74) is 4.37. The summed E-state index contributed by atoms with van der Waals surface area (Å²) in [5, 5.41) is 13.5. The van der Waals surface area contributed by atoms with Gasteiger partial charge >= 0.3 is 12.1 Å². The highest BCUT2D eigenvalue weighted by Gasteiger charge is 2.29. The highest BCUT2D eigenvalue weighted by molar-refractivity contribution is 5.96. The molecule has 0 bridgehead atoms. The first kappa shape index (κ1) is 22.7. The van der Waals surface area contributed by atoms with Gasteiger partial charge in [-0.25, -0.2) is 14.0 Å². The second-order valence-corrected chi connectivity index (χ2v) is 7.63. The fourth-order valence-corrected chi connectivity index (χ4v) is 3.96. The number of halogens is 1. The van der Waals surface area contributed by atoms with Crippen LogP contribution in [0.3, 0.4) is 0 Å². The topological polar surface area (TPSA) is 105 Å². The molecular weight excluding hydrogens is 439 g/mol. The van der Waals surface area contributed by atoms with Crippen molar-refractivity contribution >= 4 is 23.7 Å². The van der Waals surface area contributed by atoms with Gasteiger partial charge in [-0.2, -0.15) is 0 Å². The molecule has 3 N–H and O–H groups in total. The molecule has 0 aliphatic heterocycles. The average molecular weight is 460 g/mol. The molecule has 0 aromatic heterocycles. The number of carboxylic acids is 1. The van der Waals surface area contributed by atoms with Crippen molar-refractivity contribution in [2.24, 2.45) is 0 Å². The van der Waals surface area contributed by atoms with Crippen LogP contribution in [0.25, 0.3) is 11.1 Å².